The average molecular weight is 745 g/mol. The first kappa shape index (κ1) is 35.7. The standard InChI is InChI=1S/C30H27ClF6N8O6/c1-2-19-22(42-7-9-43(10-8-42)25(47)21-23(30(35,36)37)51-28(49)39-21)26(48)45-27(40-24(41-45)15-5-11-50-12-6-15)44(19)14-20(46)38-18-4-3-16(13-17(18)31)29(32,33)34/h3-5,13H,2,6-12,14H2,1H3,(H,38,46)(H,39,49). The van der Waals surface area contributed by atoms with Crippen LogP contribution in [0.5, 0.6) is 0 Å². The van der Waals surface area contributed by atoms with Crippen molar-refractivity contribution in [1.82, 2.24) is 29.0 Å². The highest BCUT2D eigenvalue weighted by molar-refractivity contribution is 6.33. The maximum atomic E-state index is 14.1. The lowest BCUT2D eigenvalue weighted by molar-refractivity contribution is -0.154. The molecule has 0 unspecified atom stereocenters. The molecular formula is C30H27ClF6N8O6. The highest BCUT2D eigenvalue weighted by Gasteiger charge is 2.42. The van der Waals surface area contributed by atoms with E-state index in [1.165, 1.54) is 4.57 Å². The van der Waals surface area contributed by atoms with Gasteiger partial charge in [0.15, 0.2) is 11.5 Å². The molecule has 21 heteroatoms. The highest BCUT2D eigenvalue weighted by atomic mass is 35.5. The maximum Gasteiger partial charge on any atom is 0.452 e. The van der Waals surface area contributed by atoms with Crippen LogP contribution in [0.4, 0.5) is 37.7 Å². The van der Waals surface area contributed by atoms with Crippen LogP contribution in [0, 0.1) is 0 Å². The Morgan fingerprint density at radius 1 is 1.06 bits per heavy atom. The van der Waals surface area contributed by atoms with Gasteiger partial charge in [-0.3, -0.25) is 19.4 Å². The molecule has 3 aromatic heterocycles. The number of aromatic nitrogens is 5. The van der Waals surface area contributed by atoms with Gasteiger partial charge in [0.2, 0.25) is 17.4 Å². The first-order valence-electron chi connectivity index (χ1n) is 15.4. The van der Waals surface area contributed by atoms with E-state index in [0.29, 0.717) is 30.4 Å². The van der Waals surface area contributed by atoms with Crippen molar-refractivity contribution < 1.29 is 45.1 Å². The van der Waals surface area contributed by atoms with Crippen LogP contribution < -0.4 is 21.5 Å². The minimum Gasteiger partial charge on any atom is -0.402 e. The van der Waals surface area contributed by atoms with E-state index in [-0.39, 0.29) is 67.2 Å². The number of rotatable bonds is 7. The molecule has 0 bridgehead atoms. The van der Waals surface area contributed by atoms with E-state index in [2.05, 4.69) is 19.8 Å². The van der Waals surface area contributed by atoms with Crippen molar-refractivity contribution in [2.45, 2.75) is 38.7 Å². The Labute approximate surface area is 287 Å². The molecule has 2 aliphatic heterocycles. The monoisotopic (exact) mass is 744 g/mol. The maximum absolute atomic E-state index is 14.1. The Balaban J connectivity index is 1.34. The number of benzene rings is 1. The van der Waals surface area contributed by atoms with Crippen molar-refractivity contribution in [2.24, 2.45) is 0 Å². The number of alkyl halides is 6. The zero-order chi connectivity index (χ0) is 36.8. The van der Waals surface area contributed by atoms with Crippen LogP contribution in [0.2, 0.25) is 5.02 Å². The average Bonchev–Trinajstić information content (AvgIpc) is 3.71. The molecule has 0 spiro atoms. The van der Waals surface area contributed by atoms with E-state index >= 15 is 0 Å². The molecule has 272 valence electrons. The largest absolute Gasteiger partial charge is 0.452 e. The third-order valence-electron chi connectivity index (χ3n) is 8.29. The number of H-pyrrole nitrogens is 1. The number of anilines is 2. The summed E-state index contributed by atoms with van der Waals surface area (Å²) in [6, 6.07) is 2.45. The fraction of sp³-hybridized carbons (Fsp3) is 0.400. The highest BCUT2D eigenvalue weighted by Crippen LogP contribution is 2.34. The lowest BCUT2D eigenvalue weighted by atomic mass is 10.1. The lowest BCUT2D eigenvalue weighted by Gasteiger charge is -2.36. The van der Waals surface area contributed by atoms with E-state index in [9.17, 15) is 45.5 Å². The van der Waals surface area contributed by atoms with Crippen molar-refractivity contribution in [1.29, 1.82) is 0 Å². The molecule has 2 amide bonds. The Morgan fingerprint density at radius 3 is 2.39 bits per heavy atom. The van der Waals surface area contributed by atoms with Gasteiger partial charge in [0.25, 0.3) is 11.5 Å². The molecular weight excluding hydrogens is 718 g/mol. The lowest BCUT2D eigenvalue weighted by Crippen LogP contribution is -2.51. The summed E-state index contributed by atoms with van der Waals surface area (Å²) in [7, 11) is 0. The number of ether oxygens (including phenoxy) is 1. The van der Waals surface area contributed by atoms with Gasteiger partial charge in [0.05, 0.1) is 35.2 Å². The number of oxazole rings is 1. The van der Waals surface area contributed by atoms with Crippen LogP contribution in [0.15, 0.2) is 38.3 Å². The smallest absolute Gasteiger partial charge is 0.402 e. The molecule has 0 aliphatic carbocycles. The number of hydrogen-bond acceptors (Lipinski definition) is 9. The third kappa shape index (κ3) is 7.09. The van der Waals surface area contributed by atoms with Crippen molar-refractivity contribution in [2.75, 3.05) is 49.6 Å². The summed E-state index contributed by atoms with van der Waals surface area (Å²) in [4.78, 5) is 61.1. The van der Waals surface area contributed by atoms with Crippen molar-refractivity contribution in [3.05, 3.63) is 78.7 Å². The topological polar surface area (TPSA) is 160 Å². The molecule has 1 aromatic carbocycles. The van der Waals surface area contributed by atoms with Crippen LogP contribution in [0.25, 0.3) is 11.4 Å². The van der Waals surface area contributed by atoms with Gasteiger partial charge in [-0.25, -0.2) is 4.79 Å². The van der Waals surface area contributed by atoms with E-state index in [4.69, 9.17) is 16.3 Å². The summed E-state index contributed by atoms with van der Waals surface area (Å²) in [5.74, 6) is -4.84. The van der Waals surface area contributed by atoms with E-state index in [1.54, 1.807) is 22.9 Å². The van der Waals surface area contributed by atoms with Gasteiger partial charge in [0, 0.05) is 26.2 Å². The van der Waals surface area contributed by atoms with Crippen molar-refractivity contribution >= 4 is 46.1 Å². The first-order valence-corrected chi connectivity index (χ1v) is 15.7. The number of nitrogens with one attached hydrogen (secondary N) is 2. The number of hydrogen-bond donors (Lipinski definition) is 2. The van der Waals surface area contributed by atoms with Crippen LogP contribution in [0.3, 0.4) is 0 Å². The predicted molar refractivity (Wildman–Crippen MR) is 168 cm³/mol. The molecule has 2 N–H and O–H groups in total. The number of piperazine rings is 1. The minimum atomic E-state index is -5.11. The van der Waals surface area contributed by atoms with Crippen LogP contribution >= 0.6 is 11.6 Å². The Morgan fingerprint density at radius 2 is 1.78 bits per heavy atom. The first-order chi connectivity index (χ1) is 24.1. The molecule has 1 saturated heterocycles. The molecule has 0 radical (unpaired) electrons. The quantitative estimate of drug-likeness (QED) is 0.268. The number of carbonyl (C=O) groups is 2. The molecule has 0 saturated carbocycles. The summed E-state index contributed by atoms with van der Waals surface area (Å²) in [6.07, 6.45) is -7.40. The Hall–Kier alpha value is -5.11. The van der Waals surface area contributed by atoms with E-state index in [1.807, 2.05) is 0 Å². The second-order valence-electron chi connectivity index (χ2n) is 11.5. The summed E-state index contributed by atoms with van der Waals surface area (Å²) < 4.78 is 91.7. The molecule has 2 aliphatic rings. The van der Waals surface area contributed by atoms with Crippen molar-refractivity contribution in [3.63, 3.8) is 0 Å². The molecule has 14 nitrogen and oxygen atoms in total. The molecule has 0 atom stereocenters. The number of amides is 2. The van der Waals surface area contributed by atoms with Gasteiger partial charge in [0.1, 0.15) is 12.2 Å². The summed E-state index contributed by atoms with van der Waals surface area (Å²) in [5, 5.41) is 6.57. The van der Waals surface area contributed by atoms with Gasteiger partial charge in [-0.2, -0.15) is 35.8 Å². The number of aromatic amines is 1. The number of carbonyl (C=O) groups excluding carboxylic acids is 2. The van der Waals surface area contributed by atoms with Crippen molar-refractivity contribution in [3.8, 4) is 0 Å². The molecule has 51 heavy (non-hydrogen) atoms. The van der Waals surface area contributed by atoms with Crippen LogP contribution in [0.1, 0.15) is 46.7 Å². The van der Waals surface area contributed by atoms with E-state index < -0.39 is 59.0 Å². The fourth-order valence-corrected chi connectivity index (χ4v) is 6.12. The number of nitrogens with zero attached hydrogens (tertiary/aromatic N) is 6. The molecule has 6 rings (SSSR count). The van der Waals surface area contributed by atoms with Gasteiger partial charge >= 0.3 is 18.1 Å². The number of fused-ring (bicyclic) bond motifs is 1. The third-order valence-corrected chi connectivity index (χ3v) is 8.60. The fourth-order valence-electron chi connectivity index (χ4n) is 5.89. The Bertz CT molecular complexity index is 2160. The van der Waals surface area contributed by atoms with Gasteiger partial charge in [-0.15, -0.1) is 5.10 Å². The second-order valence-corrected chi connectivity index (χ2v) is 11.9. The van der Waals surface area contributed by atoms with E-state index in [0.717, 1.165) is 21.5 Å². The minimum absolute atomic E-state index is 0.00550. The summed E-state index contributed by atoms with van der Waals surface area (Å²) >= 11 is 6.06. The zero-order valence-corrected chi connectivity index (χ0v) is 27.2. The molecule has 5 heterocycles. The molecule has 4 aromatic rings. The van der Waals surface area contributed by atoms with Gasteiger partial charge in [-0.05, 0) is 36.6 Å². The summed E-state index contributed by atoms with van der Waals surface area (Å²) in [5.41, 5.74) is -1.66. The molecule has 1 fully saturated rings. The SMILES string of the molecule is CCc1c(N2CCN(C(=O)c3[nH]c(=O)oc3C(F)(F)F)CC2)c(=O)n2nc(C3=CCOCC3)nc2n1CC(=O)Nc1ccc(C(F)(F)F)cc1Cl. The predicted octanol–water partition coefficient (Wildman–Crippen LogP) is 3.83. The van der Waals surface area contributed by atoms with Crippen LogP contribution in [-0.2, 0) is 34.8 Å². The van der Waals surface area contributed by atoms with Gasteiger partial charge < -0.3 is 28.8 Å². The van der Waals surface area contributed by atoms with Gasteiger partial charge in [-0.1, -0.05) is 24.6 Å². The normalized spacial score (nSPS) is 15.7. The second kappa shape index (κ2) is 13.5. The summed E-state index contributed by atoms with van der Waals surface area (Å²) in [6.45, 7) is 1.50. The number of halogens is 7. The Kier molecular flexibility index (Phi) is 9.49. The zero-order valence-electron chi connectivity index (χ0n) is 26.5. The van der Waals surface area contributed by atoms with Crippen LogP contribution in [-0.4, -0.2) is 80.3 Å².